The largest absolute Gasteiger partial charge is 0.367 e. The molecule has 2 aromatic rings. The van der Waals surface area contributed by atoms with Gasteiger partial charge in [0.2, 0.25) is 6.23 Å². The van der Waals surface area contributed by atoms with Crippen molar-refractivity contribution in [1.82, 2.24) is 10.4 Å². The first-order valence-electron chi connectivity index (χ1n) is 5.67. The van der Waals surface area contributed by atoms with Gasteiger partial charge >= 0.3 is 0 Å². The standard InChI is InChI=1S/C13H13N3OS/c1-16-12(10-6-3-2-4-7-10)15-17-13(14-16)11-8-5-9-18-11/h2-9,13-14H,1H3. The van der Waals surface area contributed by atoms with Gasteiger partial charge in [-0.3, -0.25) is 5.01 Å². The molecule has 0 saturated carbocycles. The van der Waals surface area contributed by atoms with Crippen molar-refractivity contribution < 1.29 is 4.84 Å². The molecule has 1 aliphatic heterocycles. The smallest absolute Gasteiger partial charge is 0.230 e. The third-order valence-electron chi connectivity index (χ3n) is 2.71. The molecule has 0 amide bonds. The molecule has 0 fully saturated rings. The molecule has 1 aromatic carbocycles. The average Bonchev–Trinajstić information content (AvgIpc) is 2.93. The minimum Gasteiger partial charge on any atom is -0.367 e. The summed E-state index contributed by atoms with van der Waals surface area (Å²) in [6.45, 7) is 0. The van der Waals surface area contributed by atoms with E-state index >= 15 is 0 Å². The van der Waals surface area contributed by atoms with E-state index in [4.69, 9.17) is 4.84 Å². The maximum Gasteiger partial charge on any atom is 0.230 e. The van der Waals surface area contributed by atoms with Gasteiger partial charge in [-0.05, 0) is 11.4 Å². The highest BCUT2D eigenvalue weighted by Gasteiger charge is 2.23. The quantitative estimate of drug-likeness (QED) is 0.900. The van der Waals surface area contributed by atoms with Crippen LogP contribution in [0.25, 0.3) is 0 Å². The molecule has 18 heavy (non-hydrogen) atoms. The first kappa shape index (κ1) is 11.3. The van der Waals surface area contributed by atoms with Crippen molar-refractivity contribution in [2.24, 2.45) is 5.16 Å². The molecule has 1 atom stereocenters. The monoisotopic (exact) mass is 259 g/mol. The van der Waals surface area contributed by atoms with Crippen LogP contribution in [0.4, 0.5) is 0 Å². The molecule has 2 heterocycles. The van der Waals surface area contributed by atoms with Crippen molar-refractivity contribution in [3.63, 3.8) is 0 Å². The first-order valence-corrected chi connectivity index (χ1v) is 6.55. The highest BCUT2D eigenvalue weighted by atomic mass is 32.1. The number of nitrogens with one attached hydrogen (secondary N) is 1. The highest BCUT2D eigenvalue weighted by molar-refractivity contribution is 7.10. The molecule has 1 unspecified atom stereocenters. The van der Waals surface area contributed by atoms with E-state index in [0.29, 0.717) is 0 Å². The Labute approximate surface area is 109 Å². The number of amidine groups is 1. The van der Waals surface area contributed by atoms with Gasteiger partial charge in [0.25, 0.3) is 0 Å². The van der Waals surface area contributed by atoms with Crippen molar-refractivity contribution in [3.05, 3.63) is 58.3 Å². The van der Waals surface area contributed by atoms with E-state index in [1.165, 1.54) is 0 Å². The van der Waals surface area contributed by atoms with E-state index in [1.54, 1.807) is 11.3 Å². The number of hydrazine groups is 1. The highest BCUT2D eigenvalue weighted by Crippen LogP contribution is 2.23. The van der Waals surface area contributed by atoms with Crippen LogP contribution in [0, 0.1) is 0 Å². The molecule has 1 aliphatic rings. The summed E-state index contributed by atoms with van der Waals surface area (Å²) >= 11 is 1.65. The fourth-order valence-electron chi connectivity index (χ4n) is 1.81. The molecule has 3 rings (SSSR count). The zero-order chi connectivity index (χ0) is 12.4. The van der Waals surface area contributed by atoms with E-state index in [9.17, 15) is 0 Å². The Morgan fingerprint density at radius 2 is 2.06 bits per heavy atom. The van der Waals surface area contributed by atoms with Gasteiger partial charge in [-0.2, -0.15) is 5.43 Å². The Bertz CT molecular complexity index is 539. The zero-order valence-electron chi connectivity index (χ0n) is 9.91. The van der Waals surface area contributed by atoms with Crippen LogP contribution in [0.2, 0.25) is 0 Å². The summed E-state index contributed by atoms with van der Waals surface area (Å²) < 4.78 is 0. The predicted molar refractivity (Wildman–Crippen MR) is 72.0 cm³/mol. The van der Waals surface area contributed by atoms with Gasteiger partial charge in [-0.1, -0.05) is 41.6 Å². The Kier molecular flexibility index (Phi) is 3.00. The topological polar surface area (TPSA) is 36.9 Å². The lowest BCUT2D eigenvalue weighted by Gasteiger charge is -2.30. The molecular formula is C13H13N3OS. The lowest BCUT2D eigenvalue weighted by Crippen LogP contribution is -2.46. The number of hydrogen-bond acceptors (Lipinski definition) is 5. The zero-order valence-corrected chi connectivity index (χ0v) is 10.7. The van der Waals surface area contributed by atoms with Gasteiger partial charge in [0, 0.05) is 12.6 Å². The summed E-state index contributed by atoms with van der Waals surface area (Å²) in [6, 6.07) is 14.0. The maximum absolute atomic E-state index is 5.51. The second kappa shape index (κ2) is 4.80. The van der Waals surface area contributed by atoms with Crippen LogP contribution in [0.3, 0.4) is 0 Å². The SMILES string of the molecule is CN1NC(c2cccs2)ON=C1c1ccccc1. The van der Waals surface area contributed by atoms with E-state index < -0.39 is 0 Å². The van der Waals surface area contributed by atoms with Gasteiger partial charge < -0.3 is 4.84 Å². The number of hydrogen-bond donors (Lipinski definition) is 1. The number of nitrogens with zero attached hydrogens (tertiary/aromatic N) is 2. The number of thiophene rings is 1. The molecule has 1 N–H and O–H groups in total. The summed E-state index contributed by atoms with van der Waals surface area (Å²) in [5.41, 5.74) is 4.28. The maximum atomic E-state index is 5.51. The van der Waals surface area contributed by atoms with Crippen molar-refractivity contribution in [1.29, 1.82) is 0 Å². The normalized spacial score (nSPS) is 19.3. The first-order chi connectivity index (χ1) is 8.84. The Morgan fingerprint density at radius 3 is 2.72 bits per heavy atom. The van der Waals surface area contributed by atoms with Crippen LogP contribution in [-0.2, 0) is 4.84 Å². The fourth-order valence-corrected chi connectivity index (χ4v) is 2.50. The molecule has 0 saturated heterocycles. The third kappa shape index (κ3) is 2.10. The van der Waals surface area contributed by atoms with Crippen LogP contribution < -0.4 is 5.43 Å². The van der Waals surface area contributed by atoms with E-state index in [1.807, 2.05) is 59.9 Å². The molecule has 1 aromatic heterocycles. The molecule has 0 spiro atoms. The van der Waals surface area contributed by atoms with Gasteiger partial charge in [0.1, 0.15) is 0 Å². The van der Waals surface area contributed by atoms with Gasteiger partial charge in [0.05, 0.1) is 4.88 Å². The average molecular weight is 259 g/mol. The van der Waals surface area contributed by atoms with Crippen LogP contribution in [0.5, 0.6) is 0 Å². The lowest BCUT2D eigenvalue weighted by atomic mass is 10.2. The number of rotatable bonds is 2. The predicted octanol–water partition coefficient (Wildman–Crippen LogP) is 2.58. The Morgan fingerprint density at radius 1 is 1.22 bits per heavy atom. The molecule has 4 nitrogen and oxygen atoms in total. The summed E-state index contributed by atoms with van der Waals surface area (Å²) in [5.74, 6) is 0.781. The Balaban J connectivity index is 1.84. The van der Waals surface area contributed by atoms with E-state index in [-0.39, 0.29) is 6.23 Å². The van der Waals surface area contributed by atoms with E-state index in [2.05, 4.69) is 10.6 Å². The molecular weight excluding hydrogens is 246 g/mol. The van der Waals surface area contributed by atoms with Crippen molar-refractivity contribution in [3.8, 4) is 0 Å². The van der Waals surface area contributed by atoms with Crippen molar-refractivity contribution in [2.75, 3.05) is 7.05 Å². The summed E-state index contributed by atoms with van der Waals surface area (Å²) in [5, 5.41) is 8.12. The van der Waals surface area contributed by atoms with Crippen molar-refractivity contribution >= 4 is 17.2 Å². The van der Waals surface area contributed by atoms with Crippen LogP contribution in [0.1, 0.15) is 16.7 Å². The second-order valence-electron chi connectivity index (χ2n) is 3.97. The number of oxime groups is 1. The summed E-state index contributed by atoms with van der Waals surface area (Å²) in [6.07, 6.45) is -0.206. The minimum absolute atomic E-state index is 0.206. The van der Waals surface area contributed by atoms with E-state index in [0.717, 1.165) is 16.3 Å². The molecule has 0 bridgehead atoms. The lowest BCUT2D eigenvalue weighted by molar-refractivity contribution is -0.0214. The van der Waals surface area contributed by atoms with Gasteiger partial charge in [0.15, 0.2) is 5.84 Å². The fraction of sp³-hybridized carbons (Fsp3) is 0.154. The van der Waals surface area contributed by atoms with Gasteiger partial charge in [-0.25, -0.2) is 0 Å². The molecule has 5 heteroatoms. The molecule has 0 radical (unpaired) electrons. The Hall–Kier alpha value is -1.85. The summed E-state index contributed by atoms with van der Waals surface area (Å²) in [7, 11) is 1.94. The van der Waals surface area contributed by atoms with Crippen molar-refractivity contribution in [2.45, 2.75) is 6.23 Å². The van der Waals surface area contributed by atoms with Gasteiger partial charge in [-0.15, -0.1) is 11.3 Å². The third-order valence-corrected chi connectivity index (χ3v) is 3.62. The van der Waals surface area contributed by atoms with Crippen LogP contribution >= 0.6 is 11.3 Å². The van der Waals surface area contributed by atoms with Crippen LogP contribution in [-0.4, -0.2) is 17.9 Å². The minimum atomic E-state index is -0.206. The molecule has 0 aliphatic carbocycles. The van der Waals surface area contributed by atoms with Crippen LogP contribution in [0.15, 0.2) is 53.0 Å². The molecule has 92 valence electrons. The summed E-state index contributed by atoms with van der Waals surface area (Å²) in [4.78, 5) is 6.61. The second-order valence-corrected chi connectivity index (χ2v) is 4.95. The number of benzene rings is 1.